The summed E-state index contributed by atoms with van der Waals surface area (Å²) in [6.07, 6.45) is 0. The van der Waals surface area contributed by atoms with E-state index in [-0.39, 0.29) is 29.4 Å². The Morgan fingerprint density at radius 3 is 2.37 bits per heavy atom. The van der Waals surface area contributed by atoms with E-state index in [1.165, 1.54) is 23.5 Å². The Morgan fingerprint density at radius 2 is 1.74 bits per heavy atom. The second kappa shape index (κ2) is 7.91. The molecule has 0 aromatic heterocycles. The van der Waals surface area contributed by atoms with Gasteiger partial charge >= 0.3 is 0 Å². The van der Waals surface area contributed by atoms with E-state index in [1.54, 1.807) is 24.3 Å². The summed E-state index contributed by atoms with van der Waals surface area (Å²) >= 11 is 0. The predicted molar refractivity (Wildman–Crippen MR) is 97.8 cm³/mol. The number of nitro benzene ring substituents is 1. The Balaban J connectivity index is 2.07. The molecule has 0 aliphatic carbocycles. The average Bonchev–Trinajstić information content (AvgIpc) is 2.69. The van der Waals surface area contributed by atoms with E-state index in [0.29, 0.717) is 24.6 Å². The van der Waals surface area contributed by atoms with Crippen molar-refractivity contribution in [1.82, 2.24) is 9.62 Å². The maximum atomic E-state index is 13.1. The van der Waals surface area contributed by atoms with Gasteiger partial charge in [0.2, 0.25) is 10.0 Å². The number of non-ortho nitro benzene ring substituents is 1. The monoisotopic (exact) mass is 393 g/mol. The minimum absolute atomic E-state index is 0.00336. The Bertz CT molecular complexity index is 941. The minimum Gasteiger partial charge on any atom is -0.493 e. The van der Waals surface area contributed by atoms with Crippen molar-refractivity contribution in [1.29, 1.82) is 0 Å². The number of ether oxygens (including phenoxy) is 2. The number of benzene rings is 2. The normalized spacial score (nSPS) is 15.3. The van der Waals surface area contributed by atoms with Crippen LogP contribution in [0.2, 0.25) is 0 Å². The molecule has 1 fully saturated rings. The van der Waals surface area contributed by atoms with Gasteiger partial charge in [-0.05, 0) is 18.2 Å². The van der Waals surface area contributed by atoms with Crippen molar-refractivity contribution < 1.29 is 22.8 Å². The fourth-order valence-electron chi connectivity index (χ4n) is 2.74. The van der Waals surface area contributed by atoms with Gasteiger partial charge in [0.1, 0.15) is 10.6 Å². The first-order valence-corrected chi connectivity index (χ1v) is 9.67. The molecule has 2 aromatic carbocycles. The summed E-state index contributed by atoms with van der Waals surface area (Å²) in [5.74, 6) is 0.732. The zero-order valence-electron chi connectivity index (χ0n) is 14.6. The first-order valence-electron chi connectivity index (χ1n) is 8.23. The minimum atomic E-state index is -3.97. The summed E-state index contributed by atoms with van der Waals surface area (Å²) in [4.78, 5) is 10.3. The zero-order chi connectivity index (χ0) is 19.4. The molecule has 0 radical (unpaired) electrons. The van der Waals surface area contributed by atoms with Crippen LogP contribution in [0.15, 0.2) is 47.4 Å². The molecule has 0 unspecified atom stereocenters. The number of sulfonamides is 1. The number of nitro groups is 1. The summed E-state index contributed by atoms with van der Waals surface area (Å²) in [5.41, 5.74) is -0.323. The number of methoxy groups -OCH3 is 1. The topological polar surface area (TPSA) is 111 Å². The lowest BCUT2D eigenvalue weighted by Crippen LogP contribution is -2.46. The number of nitrogens with one attached hydrogen (secondary N) is 1. The number of hydrogen-bond donors (Lipinski definition) is 1. The summed E-state index contributed by atoms with van der Waals surface area (Å²) in [5, 5.41) is 14.2. The lowest BCUT2D eigenvalue weighted by atomic mass is 10.3. The predicted octanol–water partition coefficient (Wildman–Crippen LogP) is 1.99. The van der Waals surface area contributed by atoms with Gasteiger partial charge in [-0.1, -0.05) is 12.1 Å². The van der Waals surface area contributed by atoms with Crippen LogP contribution in [0.4, 0.5) is 5.69 Å². The highest BCUT2D eigenvalue weighted by Gasteiger charge is 2.31. The van der Waals surface area contributed by atoms with Gasteiger partial charge in [0, 0.05) is 38.3 Å². The van der Waals surface area contributed by atoms with Gasteiger partial charge < -0.3 is 14.8 Å². The molecule has 0 saturated carbocycles. The Labute approximate surface area is 156 Å². The first kappa shape index (κ1) is 19.1. The molecule has 1 aliphatic heterocycles. The molecule has 1 heterocycles. The fourth-order valence-corrected chi connectivity index (χ4v) is 4.32. The van der Waals surface area contributed by atoms with Crippen LogP contribution >= 0.6 is 0 Å². The molecule has 0 amide bonds. The van der Waals surface area contributed by atoms with E-state index in [0.717, 1.165) is 6.07 Å². The molecule has 1 saturated heterocycles. The second-order valence-electron chi connectivity index (χ2n) is 5.80. The van der Waals surface area contributed by atoms with Crippen LogP contribution in [0.5, 0.6) is 17.2 Å². The highest BCUT2D eigenvalue weighted by atomic mass is 32.2. The van der Waals surface area contributed by atoms with E-state index in [4.69, 9.17) is 9.47 Å². The van der Waals surface area contributed by atoms with Crippen molar-refractivity contribution in [3.05, 3.63) is 52.6 Å². The van der Waals surface area contributed by atoms with Gasteiger partial charge in [0.15, 0.2) is 11.5 Å². The number of hydrogen-bond acceptors (Lipinski definition) is 7. The molecule has 1 aliphatic rings. The van der Waals surface area contributed by atoms with E-state index >= 15 is 0 Å². The number of nitrogens with zero attached hydrogens (tertiary/aromatic N) is 2. The van der Waals surface area contributed by atoms with Crippen molar-refractivity contribution in [2.75, 3.05) is 33.3 Å². The molecule has 2 aromatic rings. The van der Waals surface area contributed by atoms with Gasteiger partial charge in [-0.2, -0.15) is 4.31 Å². The van der Waals surface area contributed by atoms with E-state index in [9.17, 15) is 18.5 Å². The number of rotatable bonds is 6. The molecule has 144 valence electrons. The summed E-state index contributed by atoms with van der Waals surface area (Å²) < 4.78 is 38.5. The van der Waals surface area contributed by atoms with Crippen LogP contribution in [0.1, 0.15) is 0 Å². The third-order valence-corrected chi connectivity index (χ3v) is 6.04. The summed E-state index contributed by atoms with van der Waals surface area (Å²) in [7, 11) is -2.50. The van der Waals surface area contributed by atoms with Gasteiger partial charge in [-0.15, -0.1) is 0 Å². The van der Waals surface area contributed by atoms with E-state index in [1.807, 2.05) is 0 Å². The lowest BCUT2D eigenvalue weighted by molar-refractivity contribution is -0.385. The standard InChI is InChI=1S/C17H19N3O6S/c1-25-14-4-2-3-5-15(14)26-16-7-6-13(20(21)22)12-17(16)27(23,24)19-10-8-18-9-11-19/h2-7,12,18H,8-11H2,1H3. The Hall–Kier alpha value is -2.69. The molecule has 3 rings (SSSR count). The lowest BCUT2D eigenvalue weighted by Gasteiger charge is -2.27. The molecular weight excluding hydrogens is 374 g/mol. The summed E-state index contributed by atoms with van der Waals surface area (Å²) in [6.45, 7) is 1.58. The maximum absolute atomic E-state index is 13.1. The van der Waals surface area contributed by atoms with Crippen molar-refractivity contribution in [2.45, 2.75) is 4.90 Å². The van der Waals surface area contributed by atoms with Gasteiger partial charge in [0.05, 0.1) is 12.0 Å². The number of para-hydroxylation sites is 2. The van der Waals surface area contributed by atoms with Gasteiger partial charge in [-0.25, -0.2) is 8.42 Å². The van der Waals surface area contributed by atoms with E-state index in [2.05, 4.69) is 5.32 Å². The average molecular weight is 393 g/mol. The molecule has 9 nitrogen and oxygen atoms in total. The fraction of sp³-hybridized carbons (Fsp3) is 0.294. The molecule has 0 spiro atoms. The molecule has 0 atom stereocenters. The van der Waals surface area contributed by atoms with Crippen molar-refractivity contribution in [3.8, 4) is 17.2 Å². The first-order chi connectivity index (χ1) is 12.9. The van der Waals surface area contributed by atoms with Crippen molar-refractivity contribution >= 4 is 15.7 Å². The SMILES string of the molecule is COc1ccccc1Oc1ccc([N+](=O)[O-])cc1S(=O)(=O)N1CCNCC1. The van der Waals surface area contributed by atoms with Crippen LogP contribution in [0, 0.1) is 10.1 Å². The highest BCUT2D eigenvalue weighted by Crippen LogP contribution is 2.37. The van der Waals surface area contributed by atoms with Crippen LogP contribution in [0.25, 0.3) is 0 Å². The Morgan fingerprint density at radius 1 is 1.07 bits per heavy atom. The summed E-state index contributed by atoms with van der Waals surface area (Å²) in [6, 6.07) is 10.3. The molecular formula is C17H19N3O6S. The van der Waals surface area contributed by atoms with E-state index < -0.39 is 14.9 Å². The van der Waals surface area contributed by atoms with Crippen LogP contribution in [-0.4, -0.2) is 50.9 Å². The Kier molecular flexibility index (Phi) is 5.59. The van der Waals surface area contributed by atoms with Crippen molar-refractivity contribution in [2.24, 2.45) is 0 Å². The molecule has 0 bridgehead atoms. The zero-order valence-corrected chi connectivity index (χ0v) is 15.4. The van der Waals surface area contributed by atoms with Crippen molar-refractivity contribution in [3.63, 3.8) is 0 Å². The van der Waals surface area contributed by atoms with Crippen LogP contribution in [0.3, 0.4) is 0 Å². The second-order valence-corrected chi connectivity index (χ2v) is 7.70. The quantitative estimate of drug-likeness (QED) is 0.590. The smallest absolute Gasteiger partial charge is 0.271 e. The van der Waals surface area contributed by atoms with Gasteiger partial charge in [-0.3, -0.25) is 10.1 Å². The third-order valence-electron chi connectivity index (χ3n) is 4.12. The van der Waals surface area contributed by atoms with Crippen LogP contribution in [-0.2, 0) is 10.0 Å². The largest absolute Gasteiger partial charge is 0.493 e. The maximum Gasteiger partial charge on any atom is 0.271 e. The molecule has 10 heteroatoms. The molecule has 1 N–H and O–H groups in total. The van der Waals surface area contributed by atoms with Crippen LogP contribution < -0.4 is 14.8 Å². The van der Waals surface area contributed by atoms with Gasteiger partial charge in [0.25, 0.3) is 5.69 Å². The third kappa shape index (κ3) is 4.02. The highest BCUT2D eigenvalue weighted by molar-refractivity contribution is 7.89. The molecule has 27 heavy (non-hydrogen) atoms. The number of piperazine rings is 1.